The van der Waals surface area contributed by atoms with Crippen LogP contribution in [0.3, 0.4) is 0 Å². The maximum atomic E-state index is 11.5. The molecule has 2 aromatic heterocycles. The molecular formula is C13H13IO5. The fourth-order valence-electron chi connectivity index (χ4n) is 1.51. The van der Waals surface area contributed by atoms with E-state index < -0.39 is 5.97 Å². The molecule has 6 heteroatoms. The van der Waals surface area contributed by atoms with E-state index in [0.717, 1.165) is 0 Å². The van der Waals surface area contributed by atoms with E-state index >= 15 is 0 Å². The Labute approximate surface area is 123 Å². The van der Waals surface area contributed by atoms with Gasteiger partial charge in [-0.15, -0.1) is 0 Å². The van der Waals surface area contributed by atoms with Crippen LogP contribution in [0.4, 0.5) is 0 Å². The lowest BCUT2D eigenvalue weighted by atomic mass is 10.3. The van der Waals surface area contributed by atoms with Crippen molar-refractivity contribution in [1.82, 2.24) is 0 Å². The maximum absolute atomic E-state index is 11.5. The molecule has 2 rings (SSSR count). The van der Waals surface area contributed by atoms with Crippen molar-refractivity contribution in [2.75, 3.05) is 6.61 Å². The highest BCUT2D eigenvalue weighted by Crippen LogP contribution is 2.29. The largest absolute Gasteiger partial charge is 0.464 e. The first-order valence-electron chi connectivity index (χ1n) is 5.93. The predicted octanol–water partition coefficient (Wildman–Crippen LogP) is 2.92. The molecule has 102 valence electrons. The summed E-state index contributed by atoms with van der Waals surface area (Å²) in [6, 6.07) is 5.18. The molecule has 19 heavy (non-hydrogen) atoms. The Bertz CT molecular complexity index is 562. The Kier molecular flexibility index (Phi) is 4.62. The summed E-state index contributed by atoms with van der Waals surface area (Å²) in [7, 11) is 0. The van der Waals surface area contributed by atoms with E-state index in [4.69, 9.17) is 13.9 Å². The Morgan fingerprint density at radius 2 is 2.21 bits per heavy atom. The monoisotopic (exact) mass is 376 g/mol. The second-order valence-corrected chi connectivity index (χ2v) is 5.48. The number of halogens is 1. The molecule has 2 bridgehead atoms. The summed E-state index contributed by atoms with van der Waals surface area (Å²) < 4.78 is 15.1. The van der Waals surface area contributed by atoms with Gasteiger partial charge in [0.1, 0.15) is 16.1 Å². The van der Waals surface area contributed by atoms with E-state index in [-0.39, 0.29) is 22.9 Å². The highest BCUT2D eigenvalue weighted by atomic mass is 127. The third kappa shape index (κ3) is 3.59. The molecule has 0 aliphatic heterocycles. The van der Waals surface area contributed by atoms with Crippen molar-refractivity contribution in [2.24, 2.45) is 0 Å². The van der Waals surface area contributed by atoms with Gasteiger partial charge in [-0.05, 0) is 18.6 Å². The normalized spacial score (nSPS) is 12.5. The van der Waals surface area contributed by atoms with E-state index in [0.29, 0.717) is 23.3 Å². The number of fused-ring (bicyclic) bond motifs is 2. The number of ether oxygens (including phenoxy) is 2. The molecule has 0 aliphatic rings. The van der Waals surface area contributed by atoms with Gasteiger partial charge in [0, 0.05) is 6.07 Å². The van der Waals surface area contributed by atoms with Gasteiger partial charge in [0.05, 0.1) is 6.42 Å². The minimum Gasteiger partial charge on any atom is -0.464 e. The molecule has 0 amide bonds. The highest BCUT2D eigenvalue weighted by molar-refractivity contribution is 14.1. The molecule has 0 fully saturated rings. The van der Waals surface area contributed by atoms with Crippen LogP contribution in [-0.4, -0.2) is 22.5 Å². The molecule has 0 radical (unpaired) electrons. The number of esters is 2. The average Bonchev–Trinajstić information content (AvgIpc) is 2.99. The quantitative estimate of drug-likeness (QED) is 0.336. The number of carbonyl (C=O) groups is 2. The summed E-state index contributed by atoms with van der Waals surface area (Å²) in [5.41, 5.74) is 1.21. The van der Waals surface area contributed by atoms with E-state index in [9.17, 15) is 9.59 Å². The predicted molar refractivity (Wildman–Crippen MR) is 76.7 cm³/mol. The van der Waals surface area contributed by atoms with Crippen molar-refractivity contribution >= 4 is 45.7 Å². The molecule has 0 saturated carbocycles. The van der Waals surface area contributed by atoms with Gasteiger partial charge < -0.3 is 13.9 Å². The molecule has 5 nitrogen and oxygen atoms in total. The van der Waals surface area contributed by atoms with Gasteiger partial charge in [0.15, 0.2) is 11.3 Å². The van der Waals surface area contributed by atoms with Crippen LogP contribution in [0.1, 0.15) is 19.8 Å². The summed E-state index contributed by atoms with van der Waals surface area (Å²) in [5, 5.41) is 0. The van der Waals surface area contributed by atoms with Gasteiger partial charge in [0.2, 0.25) is 0 Å². The van der Waals surface area contributed by atoms with Crippen LogP contribution in [0.25, 0.3) is 11.2 Å². The van der Waals surface area contributed by atoms with Crippen LogP contribution in [0.2, 0.25) is 0 Å². The summed E-state index contributed by atoms with van der Waals surface area (Å²) in [4.78, 5) is 22.9. The lowest BCUT2D eigenvalue weighted by molar-refractivity contribution is -0.145. The minimum absolute atomic E-state index is 0.0302. The highest BCUT2D eigenvalue weighted by Gasteiger charge is 2.16. The van der Waals surface area contributed by atoms with Crippen LogP contribution in [0.5, 0.6) is 5.75 Å². The van der Waals surface area contributed by atoms with Crippen LogP contribution >= 0.6 is 22.6 Å². The third-order valence-corrected chi connectivity index (χ3v) is 3.92. The second kappa shape index (κ2) is 6.23. The molecular weight excluding hydrogens is 363 g/mol. The number of alkyl halides is 1. The molecule has 0 spiro atoms. The summed E-state index contributed by atoms with van der Waals surface area (Å²) in [6.45, 7) is 1.93. The lowest BCUT2D eigenvalue weighted by Gasteiger charge is -2.07. The second-order valence-electron chi connectivity index (χ2n) is 3.98. The number of hydrogen-bond acceptors (Lipinski definition) is 5. The van der Waals surface area contributed by atoms with Crippen molar-refractivity contribution in [2.45, 2.75) is 23.7 Å². The maximum Gasteiger partial charge on any atom is 0.318 e. The Morgan fingerprint density at radius 3 is 2.79 bits per heavy atom. The van der Waals surface area contributed by atoms with Gasteiger partial charge in [-0.25, -0.2) is 0 Å². The Balaban J connectivity index is 1.73. The third-order valence-electron chi connectivity index (χ3n) is 2.53. The first-order valence-corrected chi connectivity index (χ1v) is 7.18. The minimum atomic E-state index is -0.446. The molecule has 0 saturated heterocycles. The zero-order chi connectivity index (χ0) is 13.8. The van der Waals surface area contributed by atoms with Crippen molar-refractivity contribution in [3.63, 3.8) is 0 Å². The Morgan fingerprint density at radius 1 is 1.42 bits per heavy atom. The van der Waals surface area contributed by atoms with Crippen molar-refractivity contribution in [3.05, 3.63) is 18.2 Å². The van der Waals surface area contributed by atoms with E-state index in [2.05, 4.69) is 0 Å². The van der Waals surface area contributed by atoms with Crippen molar-refractivity contribution in [3.8, 4) is 5.75 Å². The topological polar surface area (TPSA) is 65.7 Å². The van der Waals surface area contributed by atoms with Crippen LogP contribution < -0.4 is 4.74 Å². The molecule has 0 N–H and O–H groups in total. The van der Waals surface area contributed by atoms with Crippen LogP contribution in [-0.2, 0) is 14.3 Å². The van der Waals surface area contributed by atoms with Gasteiger partial charge in [0.25, 0.3) is 0 Å². The molecule has 2 aromatic rings. The standard InChI is InChI=1S/C13H13IO5/c1-2-9(14)13(16)17-6-5-12(15)19-11-7-8-3-4-10(11)18-8/h3-4,7,9H,2,5-6H2,1H3. The molecule has 0 aromatic carbocycles. The number of benzene rings is 1. The lowest BCUT2D eigenvalue weighted by Crippen LogP contribution is -2.19. The Hall–Kier alpha value is -1.31. The summed E-state index contributed by atoms with van der Waals surface area (Å²) >= 11 is 2.01. The summed E-state index contributed by atoms with van der Waals surface area (Å²) in [6.07, 6.45) is 0.736. The van der Waals surface area contributed by atoms with Gasteiger partial charge in [-0.3, -0.25) is 9.59 Å². The van der Waals surface area contributed by atoms with E-state index in [1.165, 1.54) is 0 Å². The average molecular weight is 376 g/mol. The van der Waals surface area contributed by atoms with Gasteiger partial charge >= 0.3 is 11.9 Å². The first-order chi connectivity index (χ1) is 9.10. The smallest absolute Gasteiger partial charge is 0.318 e. The number of hydrogen-bond donors (Lipinski definition) is 0. The zero-order valence-electron chi connectivity index (χ0n) is 10.3. The number of furan rings is 2. The molecule has 0 aliphatic carbocycles. The van der Waals surface area contributed by atoms with Crippen molar-refractivity contribution in [1.29, 1.82) is 0 Å². The SMILES string of the molecule is CCC(I)C(=O)OCCC(=O)Oc1cc2ccc1o2. The van der Waals surface area contributed by atoms with E-state index in [1.807, 2.05) is 29.5 Å². The van der Waals surface area contributed by atoms with Gasteiger partial charge in [-0.2, -0.15) is 0 Å². The van der Waals surface area contributed by atoms with E-state index in [1.54, 1.807) is 18.2 Å². The zero-order valence-corrected chi connectivity index (χ0v) is 12.5. The number of rotatable bonds is 6. The summed E-state index contributed by atoms with van der Waals surface area (Å²) in [5.74, 6) is -0.335. The molecule has 1 unspecified atom stereocenters. The first kappa shape index (κ1) is 14.1. The molecule has 2 heterocycles. The van der Waals surface area contributed by atoms with Crippen LogP contribution in [0, 0.1) is 0 Å². The fraction of sp³-hybridized carbons (Fsp3) is 0.385. The number of carbonyl (C=O) groups excluding carboxylic acids is 2. The van der Waals surface area contributed by atoms with Gasteiger partial charge in [-0.1, -0.05) is 29.5 Å². The fourth-order valence-corrected chi connectivity index (χ4v) is 1.69. The van der Waals surface area contributed by atoms with Crippen LogP contribution in [0.15, 0.2) is 22.6 Å². The molecule has 1 atom stereocenters. The van der Waals surface area contributed by atoms with Crippen molar-refractivity contribution < 1.29 is 23.5 Å².